The lowest BCUT2D eigenvalue weighted by molar-refractivity contribution is -0.137. The summed E-state index contributed by atoms with van der Waals surface area (Å²) in [6, 6.07) is 0. The zero-order valence-corrected chi connectivity index (χ0v) is 10.2. The van der Waals surface area contributed by atoms with Crippen LogP contribution >= 0.6 is 23.2 Å². The van der Waals surface area contributed by atoms with Crippen LogP contribution in [0.1, 0.15) is 19.8 Å². The van der Waals surface area contributed by atoms with Gasteiger partial charge in [-0.3, -0.25) is 10.1 Å². The summed E-state index contributed by atoms with van der Waals surface area (Å²) >= 11 is 12.0. The third-order valence-corrected chi connectivity index (χ3v) is 3.30. The van der Waals surface area contributed by atoms with Crippen LogP contribution in [0.15, 0.2) is 22.2 Å². The molecule has 1 heterocycles. The molecule has 0 bridgehead atoms. The highest BCUT2D eigenvalue weighted by molar-refractivity contribution is 6.33. The molecule has 1 fully saturated rings. The van der Waals surface area contributed by atoms with E-state index < -0.39 is 11.4 Å². The zero-order chi connectivity index (χ0) is 12.0. The molecule has 16 heavy (non-hydrogen) atoms. The highest BCUT2D eigenvalue weighted by Crippen LogP contribution is 2.35. The van der Waals surface area contributed by atoms with Crippen molar-refractivity contribution in [3.63, 3.8) is 0 Å². The fourth-order valence-corrected chi connectivity index (χ4v) is 2.53. The molecule has 0 aromatic rings. The quantitative estimate of drug-likeness (QED) is 0.614. The Bertz CT molecular complexity index is 400. The van der Waals surface area contributed by atoms with E-state index in [0.717, 1.165) is 0 Å². The van der Waals surface area contributed by atoms with Gasteiger partial charge in [-0.1, -0.05) is 23.2 Å². The third kappa shape index (κ3) is 2.11. The number of allylic oxidation sites excluding steroid dienone is 2. The van der Waals surface area contributed by atoms with Crippen LogP contribution in [-0.4, -0.2) is 22.4 Å². The minimum atomic E-state index is -1.29. The Hall–Kier alpha value is -0.550. The zero-order valence-electron chi connectivity index (χ0n) is 8.68. The summed E-state index contributed by atoms with van der Waals surface area (Å²) in [6.07, 6.45) is 3.60. The van der Waals surface area contributed by atoms with E-state index in [0.29, 0.717) is 16.5 Å². The van der Waals surface area contributed by atoms with Gasteiger partial charge in [-0.2, -0.15) is 0 Å². The number of carbonyl (C=O) groups is 1. The van der Waals surface area contributed by atoms with E-state index in [4.69, 9.17) is 23.2 Å². The van der Waals surface area contributed by atoms with E-state index in [1.165, 1.54) is 6.92 Å². The normalized spacial score (nSPS) is 39.1. The van der Waals surface area contributed by atoms with Gasteiger partial charge in [-0.25, -0.2) is 0 Å². The maximum Gasteiger partial charge on any atom is 0.226 e. The number of rotatable bonds is 0. The molecule has 0 radical (unpaired) electrons. The first-order chi connectivity index (χ1) is 7.33. The molecule has 0 unspecified atom stereocenters. The summed E-state index contributed by atoms with van der Waals surface area (Å²) in [5, 5.41) is 16.6. The maximum absolute atomic E-state index is 11.5. The molecule has 1 aliphatic heterocycles. The van der Waals surface area contributed by atoms with Crippen molar-refractivity contribution in [1.29, 1.82) is 0 Å². The first-order valence-electron chi connectivity index (χ1n) is 4.88. The fraction of sp³-hybridized carbons (Fsp3) is 0.500. The van der Waals surface area contributed by atoms with Gasteiger partial charge < -0.3 is 10.4 Å². The average molecular weight is 263 g/mol. The molecular formula is C10H12Cl2N2O2. The molecule has 0 saturated carbocycles. The monoisotopic (exact) mass is 262 g/mol. The largest absolute Gasteiger partial charge is 0.376 e. The van der Waals surface area contributed by atoms with Gasteiger partial charge in [0.25, 0.3) is 0 Å². The Morgan fingerprint density at radius 2 is 2.06 bits per heavy atom. The molecule has 2 atom stereocenters. The van der Waals surface area contributed by atoms with Crippen LogP contribution in [0.2, 0.25) is 0 Å². The Morgan fingerprint density at radius 3 is 2.69 bits per heavy atom. The fourth-order valence-electron chi connectivity index (χ4n) is 2.04. The van der Waals surface area contributed by atoms with Crippen molar-refractivity contribution in [3.8, 4) is 0 Å². The number of hydrogen-bond acceptors (Lipinski definition) is 3. The van der Waals surface area contributed by atoms with Crippen molar-refractivity contribution in [1.82, 2.24) is 10.6 Å². The van der Waals surface area contributed by atoms with E-state index in [1.54, 1.807) is 12.2 Å². The molecule has 1 spiro atoms. The molecule has 1 aliphatic carbocycles. The second-order valence-corrected chi connectivity index (χ2v) is 5.23. The predicted molar refractivity (Wildman–Crippen MR) is 61.7 cm³/mol. The number of hydrogen-bond donors (Lipinski definition) is 3. The van der Waals surface area contributed by atoms with Gasteiger partial charge in [-0.15, -0.1) is 0 Å². The lowest BCUT2D eigenvalue weighted by Crippen LogP contribution is -2.71. The molecule has 6 heteroatoms. The predicted octanol–water partition coefficient (Wildman–Crippen LogP) is 1.15. The van der Waals surface area contributed by atoms with Crippen molar-refractivity contribution in [2.24, 2.45) is 0 Å². The molecule has 0 aromatic heterocycles. The van der Waals surface area contributed by atoms with Crippen molar-refractivity contribution < 1.29 is 9.90 Å². The Labute approximate surface area is 103 Å². The standard InChI is InChI=1S/C10H12Cl2N2O2/c1-9(16)5-8(15)13-10(14-9)4-6(11)2-3-7(10)12/h2-3,14,16H,4-5H2,1H3,(H,13,15)/t9-,10-/m1/s1. The summed E-state index contributed by atoms with van der Waals surface area (Å²) in [4.78, 5) is 11.5. The minimum Gasteiger partial charge on any atom is -0.376 e. The molecule has 0 aromatic carbocycles. The van der Waals surface area contributed by atoms with E-state index >= 15 is 0 Å². The van der Waals surface area contributed by atoms with Crippen molar-refractivity contribution in [3.05, 3.63) is 22.2 Å². The Kier molecular flexibility index (Phi) is 2.78. The van der Waals surface area contributed by atoms with E-state index in [-0.39, 0.29) is 12.3 Å². The molecule has 2 aliphatic rings. The van der Waals surface area contributed by atoms with Gasteiger partial charge in [0.15, 0.2) is 0 Å². The number of carbonyl (C=O) groups excluding carboxylic acids is 1. The second-order valence-electron chi connectivity index (χ2n) is 4.33. The number of nitrogens with one attached hydrogen (secondary N) is 2. The first kappa shape index (κ1) is 11.9. The van der Waals surface area contributed by atoms with Crippen LogP contribution in [0, 0.1) is 0 Å². The van der Waals surface area contributed by atoms with E-state index in [9.17, 15) is 9.90 Å². The van der Waals surface area contributed by atoms with Crippen LogP contribution in [0.3, 0.4) is 0 Å². The third-order valence-electron chi connectivity index (χ3n) is 2.59. The molecule has 3 N–H and O–H groups in total. The van der Waals surface area contributed by atoms with Gasteiger partial charge in [0.2, 0.25) is 5.91 Å². The molecule has 2 rings (SSSR count). The molecule has 4 nitrogen and oxygen atoms in total. The van der Waals surface area contributed by atoms with Crippen LogP contribution in [0.4, 0.5) is 0 Å². The van der Waals surface area contributed by atoms with E-state index in [1.807, 2.05) is 0 Å². The van der Waals surface area contributed by atoms with Crippen LogP contribution in [0.25, 0.3) is 0 Å². The second kappa shape index (κ2) is 3.74. The molecule has 1 saturated heterocycles. The summed E-state index contributed by atoms with van der Waals surface area (Å²) in [6.45, 7) is 1.53. The van der Waals surface area contributed by atoms with Gasteiger partial charge in [-0.05, 0) is 19.1 Å². The van der Waals surface area contributed by atoms with Crippen LogP contribution < -0.4 is 10.6 Å². The lowest BCUT2D eigenvalue weighted by atomic mass is 9.93. The lowest BCUT2D eigenvalue weighted by Gasteiger charge is -2.46. The van der Waals surface area contributed by atoms with Gasteiger partial charge in [0.05, 0.1) is 11.5 Å². The molecular weight excluding hydrogens is 251 g/mol. The maximum atomic E-state index is 11.5. The summed E-state index contributed by atoms with van der Waals surface area (Å²) in [7, 11) is 0. The molecule has 1 amide bonds. The summed E-state index contributed by atoms with van der Waals surface area (Å²) in [5.41, 5.74) is -2.27. The summed E-state index contributed by atoms with van der Waals surface area (Å²) < 4.78 is 0. The van der Waals surface area contributed by atoms with Gasteiger partial charge in [0.1, 0.15) is 11.4 Å². The van der Waals surface area contributed by atoms with Crippen molar-refractivity contribution in [2.45, 2.75) is 31.2 Å². The minimum absolute atomic E-state index is 0.0136. The van der Waals surface area contributed by atoms with Crippen LogP contribution in [0.5, 0.6) is 0 Å². The number of aliphatic hydroxyl groups is 1. The van der Waals surface area contributed by atoms with E-state index in [2.05, 4.69) is 10.6 Å². The van der Waals surface area contributed by atoms with Crippen LogP contribution in [-0.2, 0) is 4.79 Å². The SMILES string of the molecule is C[C@@]1(O)CC(=O)N[C@]2(CC(Cl)=CC=C2Cl)N1. The smallest absolute Gasteiger partial charge is 0.226 e. The Balaban J connectivity index is 2.35. The highest BCUT2D eigenvalue weighted by Gasteiger charge is 2.47. The number of amides is 1. The average Bonchev–Trinajstić information content (AvgIpc) is 2.08. The highest BCUT2D eigenvalue weighted by atomic mass is 35.5. The first-order valence-corrected chi connectivity index (χ1v) is 5.64. The van der Waals surface area contributed by atoms with Crippen molar-refractivity contribution >= 4 is 29.1 Å². The number of halogens is 2. The van der Waals surface area contributed by atoms with Gasteiger partial charge in [0, 0.05) is 11.5 Å². The van der Waals surface area contributed by atoms with Gasteiger partial charge >= 0.3 is 0 Å². The molecule has 88 valence electrons. The summed E-state index contributed by atoms with van der Waals surface area (Å²) in [5.74, 6) is -0.262. The topological polar surface area (TPSA) is 61.4 Å². The Morgan fingerprint density at radius 1 is 1.38 bits per heavy atom. The van der Waals surface area contributed by atoms with Crippen molar-refractivity contribution in [2.75, 3.05) is 0 Å².